The topological polar surface area (TPSA) is 58.6 Å². The van der Waals surface area contributed by atoms with Crippen LogP contribution in [-0.2, 0) is 4.79 Å². The van der Waals surface area contributed by atoms with E-state index in [1.165, 1.54) is 0 Å². The first-order chi connectivity index (χ1) is 8.67. The predicted octanol–water partition coefficient (Wildman–Crippen LogP) is 2.00. The lowest BCUT2D eigenvalue weighted by molar-refractivity contribution is -0.122. The molecule has 0 aliphatic heterocycles. The third kappa shape index (κ3) is 4.94. The predicted molar refractivity (Wildman–Crippen MR) is 70.9 cm³/mol. The second kappa shape index (κ2) is 7.95. The molecule has 0 heterocycles. The number of halogens is 1. The van der Waals surface area contributed by atoms with Crippen LogP contribution < -0.4 is 10.1 Å². The van der Waals surface area contributed by atoms with Crippen molar-refractivity contribution in [2.24, 2.45) is 0 Å². The third-order valence-electron chi connectivity index (χ3n) is 2.50. The average molecular weight is 272 g/mol. The highest BCUT2D eigenvalue weighted by molar-refractivity contribution is 6.32. The fourth-order valence-corrected chi connectivity index (χ4v) is 1.58. The lowest BCUT2D eigenvalue weighted by Crippen LogP contribution is -2.37. The third-order valence-corrected chi connectivity index (χ3v) is 2.81. The summed E-state index contributed by atoms with van der Waals surface area (Å²) in [5, 5.41) is 12.2. The molecule has 0 spiro atoms. The van der Waals surface area contributed by atoms with Crippen LogP contribution in [0.3, 0.4) is 0 Å². The lowest BCUT2D eigenvalue weighted by atomic mass is 10.2. The number of para-hydroxylation sites is 1. The molecule has 0 fully saturated rings. The van der Waals surface area contributed by atoms with E-state index in [0.717, 1.165) is 0 Å². The SMILES string of the molecule is CCC(CO)NC(=O)CCOc1ccccc1Cl. The molecule has 2 N–H and O–H groups in total. The van der Waals surface area contributed by atoms with E-state index in [1.54, 1.807) is 12.1 Å². The number of aliphatic hydroxyl groups is 1. The molecule has 1 unspecified atom stereocenters. The van der Waals surface area contributed by atoms with Crippen molar-refractivity contribution >= 4 is 17.5 Å². The van der Waals surface area contributed by atoms with Gasteiger partial charge in [-0.25, -0.2) is 0 Å². The van der Waals surface area contributed by atoms with Crippen molar-refractivity contribution in [1.29, 1.82) is 0 Å². The van der Waals surface area contributed by atoms with E-state index in [2.05, 4.69) is 5.32 Å². The molecule has 0 bridgehead atoms. The van der Waals surface area contributed by atoms with Crippen molar-refractivity contribution in [3.63, 3.8) is 0 Å². The summed E-state index contributed by atoms with van der Waals surface area (Å²) in [6.07, 6.45) is 0.940. The Hall–Kier alpha value is -1.26. The Bertz CT molecular complexity index is 380. The number of amides is 1. The molecule has 0 aromatic heterocycles. The summed E-state index contributed by atoms with van der Waals surface area (Å²) in [5.41, 5.74) is 0. The highest BCUT2D eigenvalue weighted by Gasteiger charge is 2.09. The van der Waals surface area contributed by atoms with Crippen LogP contribution >= 0.6 is 11.6 Å². The van der Waals surface area contributed by atoms with E-state index in [0.29, 0.717) is 17.2 Å². The maximum atomic E-state index is 11.5. The summed E-state index contributed by atoms with van der Waals surface area (Å²) in [4.78, 5) is 11.5. The zero-order chi connectivity index (χ0) is 13.4. The molecule has 1 aromatic rings. The van der Waals surface area contributed by atoms with Gasteiger partial charge < -0.3 is 15.2 Å². The number of rotatable bonds is 7. The van der Waals surface area contributed by atoms with Crippen LogP contribution in [-0.4, -0.2) is 30.3 Å². The van der Waals surface area contributed by atoms with Crippen LogP contribution in [0.2, 0.25) is 5.02 Å². The minimum Gasteiger partial charge on any atom is -0.491 e. The number of aliphatic hydroxyl groups excluding tert-OH is 1. The Kier molecular flexibility index (Phi) is 6.54. The van der Waals surface area contributed by atoms with Crippen LogP contribution in [0.4, 0.5) is 0 Å². The quantitative estimate of drug-likeness (QED) is 0.797. The van der Waals surface area contributed by atoms with Crippen molar-refractivity contribution in [1.82, 2.24) is 5.32 Å². The van der Waals surface area contributed by atoms with Crippen molar-refractivity contribution in [2.75, 3.05) is 13.2 Å². The number of hydrogen-bond acceptors (Lipinski definition) is 3. The second-order valence-corrected chi connectivity index (χ2v) is 4.29. The lowest BCUT2D eigenvalue weighted by Gasteiger charge is -2.14. The van der Waals surface area contributed by atoms with Gasteiger partial charge in [0.2, 0.25) is 5.91 Å². The zero-order valence-corrected chi connectivity index (χ0v) is 11.1. The second-order valence-electron chi connectivity index (χ2n) is 3.88. The van der Waals surface area contributed by atoms with Gasteiger partial charge in [-0.3, -0.25) is 4.79 Å². The number of benzene rings is 1. The zero-order valence-electron chi connectivity index (χ0n) is 10.4. The van der Waals surface area contributed by atoms with Gasteiger partial charge in [0.05, 0.1) is 30.7 Å². The molecular weight excluding hydrogens is 254 g/mol. The van der Waals surface area contributed by atoms with Gasteiger partial charge in [0.15, 0.2) is 0 Å². The number of carbonyl (C=O) groups excluding carboxylic acids is 1. The van der Waals surface area contributed by atoms with Gasteiger partial charge in [0, 0.05) is 0 Å². The smallest absolute Gasteiger partial charge is 0.223 e. The van der Waals surface area contributed by atoms with Crippen LogP contribution in [0.25, 0.3) is 0 Å². The summed E-state index contributed by atoms with van der Waals surface area (Å²) < 4.78 is 5.40. The Morgan fingerprint density at radius 2 is 2.22 bits per heavy atom. The highest BCUT2D eigenvalue weighted by Crippen LogP contribution is 2.22. The highest BCUT2D eigenvalue weighted by atomic mass is 35.5. The molecule has 0 saturated carbocycles. The Balaban J connectivity index is 2.29. The fourth-order valence-electron chi connectivity index (χ4n) is 1.39. The number of carbonyl (C=O) groups is 1. The Morgan fingerprint density at radius 3 is 2.83 bits per heavy atom. The minimum absolute atomic E-state index is 0.0480. The van der Waals surface area contributed by atoms with Crippen molar-refractivity contribution in [2.45, 2.75) is 25.8 Å². The number of ether oxygens (including phenoxy) is 1. The standard InChI is InChI=1S/C13H18ClNO3/c1-2-10(9-16)15-13(17)7-8-18-12-6-4-3-5-11(12)14/h3-6,10,16H,2,7-9H2,1H3,(H,15,17). The fraction of sp³-hybridized carbons (Fsp3) is 0.462. The van der Waals surface area contributed by atoms with E-state index in [4.69, 9.17) is 21.4 Å². The first kappa shape index (κ1) is 14.8. The minimum atomic E-state index is -0.183. The molecule has 0 saturated heterocycles. The van der Waals surface area contributed by atoms with Crippen molar-refractivity contribution in [3.8, 4) is 5.75 Å². The van der Waals surface area contributed by atoms with Crippen LogP contribution in [0.5, 0.6) is 5.75 Å². The molecule has 1 aromatic carbocycles. The molecule has 18 heavy (non-hydrogen) atoms. The molecule has 5 heteroatoms. The summed E-state index contributed by atoms with van der Waals surface area (Å²) >= 11 is 5.91. The molecule has 1 rings (SSSR count). The van der Waals surface area contributed by atoms with Crippen LogP contribution in [0, 0.1) is 0 Å². The van der Waals surface area contributed by atoms with Gasteiger partial charge in [0.1, 0.15) is 5.75 Å². The molecule has 1 amide bonds. The number of hydrogen-bond donors (Lipinski definition) is 2. The summed E-state index contributed by atoms with van der Waals surface area (Å²) in [6.45, 7) is 2.12. The van der Waals surface area contributed by atoms with E-state index >= 15 is 0 Å². The van der Waals surface area contributed by atoms with E-state index in [-0.39, 0.29) is 31.6 Å². The molecule has 0 aliphatic rings. The molecule has 100 valence electrons. The summed E-state index contributed by atoms with van der Waals surface area (Å²) in [5.74, 6) is 0.434. The largest absolute Gasteiger partial charge is 0.491 e. The normalized spacial score (nSPS) is 11.9. The van der Waals surface area contributed by atoms with Gasteiger partial charge in [-0.1, -0.05) is 30.7 Å². The van der Waals surface area contributed by atoms with Crippen molar-refractivity contribution < 1.29 is 14.6 Å². The summed E-state index contributed by atoms with van der Waals surface area (Å²) in [6, 6.07) is 6.94. The molecule has 0 aliphatic carbocycles. The molecule has 1 atom stereocenters. The van der Waals surface area contributed by atoms with Crippen LogP contribution in [0.15, 0.2) is 24.3 Å². The first-order valence-electron chi connectivity index (χ1n) is 5.95. The van der Waals surface area contributed by atoms with Gasteiger partial charge >= 0.3 is 0 Å². The van der Waals surface area contributed by atoms with Gasteiger partial charge in [0.25, 0.3) is 0 Å². The number of nitrogens with one attached hydrogen (secondary N) is 1. The molecule has 4 nitrogen and oxygen atoms in total. The van der Waals surface area contributed by atoms with Gasteiger partial charge in [-0.15, -0.1) is 0 Å². The van der Waals surface area contributed by atoms with Crippen molar-refractivity contribution in [3.05, 3.63) is 29.3 Å². The van der Waals surface area contributed by atoms with Gasteiger partial charge in [-0.2, -0.15) is 0 Å². The Morgan fingerprint density at radius 1 is 1.50 bits per heavy atom. The molecule has 0 radical (unpaired) electrons. The van der Waals surface area contributed by atoms with E-state index in [9.17, 15) is 4.79 Å². The first-order valence-corrected chi connectivity index (χ1v) is 6.32. The van der Waals surface area contributed by atoms with E-state index in [1.807, 2.05) is 19.1 Å². The maximum absolute atomic E-state index is 11.5. The Labute approximate surface area is 112 Å². The van der Waals surface area contributed by atoms with Crippen LogP contribution in [0.1, 0.15) is 19.8 Å². The molecular formula is C13H18ClNO3. The maximum Gasteiger partial charge on any atom is 0.223 e. The monoisotopic (exact) mass is 271 g/mol. The summed E-state index contributed by atoms with van der Waals surface area (Å²) in [7, 11) is 0. The average Bonchev–Trinajstić information content (AvgIpc) is 2.38. The van der Waals surface area contributed by atoms with E-state index < -0.39 is 0 Å². The van der Waals surface area contributed by atoms with Gasteiger partial charge in [-0.05, 0) is 18.6 Å².